The summed E-state index contributed by atoms with van der Waals surface area (Å²) in [5, 5.41) is 9.84. The number of thiocarbonyl (C=S) groups is 1. The van der Waals surface area contributed by atoms with E-state index in [4.69, 9.17) is 12.2 Å². The molecule has 1 saturated carbocycles. The maximum absolute atomic E-state index is 5.34. The third-order valence-corrected chi connectivity index (χ3v) is 4.50. The molecule has 0 bridgehead atoms. The highest BCUT2D eigenvalue weighted by Gasteiger charge is 2.25. The lowest BCUT2D eigenvalue weighted by atomic mass is 9.94. The molecule has 0 radical (unpaired) electrons. The van der Waals surface area contributed by atoms with E-state index in [2.05, 4.69) is 22.1 Å². The van der Waals surface area contributed by atoms with Crippen LogP contribution >= 0.6 is 23.6 Å². The van der Waals surface area contributed by atoms with Gasteiger partial charge in [0.25, 0.3) is 0 Å². The first-order valence-corrected chi connectivity index (χ1v) is 7.25. The highest BCUT2D eigenvalue weighted by Crippen LogP contribution is 2.33. The second-order valence-electron chi connectivity index (χ2n) is 4.64. The van der Waals surface area contributed by atoms with Crippen LogP contribution in [0.15, 0.2) is 11.4 Å². The van der Waals surface area contributed by atoms with Gasteiger partial charge in [0.15, 0.2) is 5.11 Å². The number of hydrogen-bond acceptors (Lipinski definition) is 2. The van der Waals surface area contributed by atoms with E-state index in [1.807, 2.05) is 11.3 Å². The summed E-state index contributed by atoms with van der Waals surface area (Å²) in [7, 11) is 0. The molecule has 86 valence electrons. The summed E-state index contributed by atoms with van der Waals surface area (Å²) >= 11 is 7.21. The maximum atomic E-state index is 5.34. The van der Waals surface area contributed by atoms with Crippen molar-refractivity contribution < 1.29 is 0 Å². The van der Waals surface area contributed by atoms with Crippen molar-refractivity contribution in [2.24, 2.45) is 0 Å². The van der Waals surface area contributed by atoms with Gasteiger partial charge in [0.05, 0.1) is 6.04 Å². The minimum atomic E-state index is 0.439. The molecule has 4 heteroatoms. The zero-order chi connectivity index (χ0) is 11.0. The van der Waals surface area contributed by atoms with E-state index in [1.165, 1.54) is 42.5 Å². The van der Waals surface area contributed by atoms with Crippen molar-refractivity contribution in [3.05, 3.63) is 21.9 Å². The van der Waals surface area contributed by atoms with Gasteiger partial charge in [-0.05, 0) is 61.3 Å². The number of rotatable bonds is 2. The van der Waals surface area contributed by atoms with Crippen LogP contribution in [0.5, 0.6) is 0 Å². The van der Waals surface area contributed by atoms with Gasteiger partial charge in [0.1, 0.15) is 0 Å². The van der Waals surface area contributed by atoms with Gasteiger partial charge in [-0.1, -0.05) is 0 Å². The summed E-state index contributed by atoms with van der Waals surface area (Å²) in [6.45, 7) is 0. The molecule has 1 aromatic rings. The summed E-state index contributed by atoms with van der Waals surface area (Å²) in [4.78, 5) is 1.54. The molecule has 1 heterocycles. The highest BCUT2D eigenvalue weighted by atomic mass is 32.1. The lowest BCUT2D eigenvalue weighted by molar-refractivity contribution is 0.529. The number of hydrogen-bond donors (Lipinski definition) is 2. The van der Waals surface area contributed by atoms with E-state index < -0.39 is 0 Å². The molecule has 16 heavy (non-hydrogen) atoms. The third-order valence-electron chi connectivity index (χ3n) is 3.27. The van der Waals surface area contributed by atoms with Crippen LogP contribution in [0.25, 0.3) is 0 Å². The molecule has 1 fully saturated rings. The van der Waals surface area contributed by atoms with E-state index in [0.717, 1.165) is 5.11 Å². The van der Waals surface area contributed by atoms with Gasteiger partial charge in [0, 0.05) is 10.9 Å². The summed E-state index contributed by atoms with van der Waals surface area (Å²) in [6, 6.07) is 3.33. The third kappa shape index (κ3) is 2.23. The SMILES string of the molecule is S=C(NC1CC1)NC1CCCc2sccc21. The fourth-order valence-corrected chi connectivity index (χ4v) is 3.55. The lowest BCUT2D eigenvalue weighted by Gasteiger charge is -2.25. The monoisotopic (exact) mass is 252 g/mol. The van der Waals surface area contributed by atoms with Gasteiger partial charge >= 0.3 is 0 Å². The Labute approximate surface area is 105 Å². The molecular formula is C12H16N2S2. The smallest absolute Gasteiger partial charge is 0.166 e. The molecule has 0 saturated heterocycles. The number of nitrogens with one attached hydrogen (secondary N) is 2. The largest absolute Gasteiger partial charge is 0.360 e. The van der Waals surface area contributed by atoms with Crippen LogP contribution in [-0.4, -0.2) is 11.2 Å². The van der Waals surface area contributed by atoms with Crippen LogP contribution < -0.4 is 10.6 Å². The molecule has 3 rings (SSSR count). The van der Waals surface area contributed by atoms with Crippen molar-refractivity contribution in [3.8, 4) is 0 Å². The van der Waals surface area contributed by atoms with Crippen LogP contribution in [0, 0.1) is 0 Å². The van der Waals surface area contributed by atoms with E-state index >= 15 is 0 Å². The Morgan fingerprint density at radius 3 is 3.00 bits per heavy atom. The predicted octanol–water partition coefficient (Wildman–Crippen LogP) is 2.75. The van der Waals surface area contributed by atoms with Crippen molar-refractivity contribution in [3.63, 3.8) is 0 Å². The average molecular weight is 252 g/mol. The molecule has 0 aromatic carbocycles. The van der Waals surface area contributed by atoms with E-state index in [-0.39, 0.29) is 0 Å². The van der Waals surface area contributed by atoms with E-state index in [1.54, 1.807) is 0 Å². The second kappa shape index (κ2) is 4.34. The summed E-state index contributed by atoms with van der Waals surface area (Å²) in [6.07, 6.45) is 6.27. The molecule has 2 aliphatic carbocycles. The predicted molar refractivity (Wildman–Crippen MR) is 71.9 cm³/mol. The molecule has 1 aromatic heterocycles. The average Bonchev–Trinajstić information content (AvgIpc) is 2.94. The standard InChI is InChI=1S/C12H16N2S2/c15-12(13-8-4-5-8)14-10-2-1-3-11-9(10)6-7-16-11/h6-8,10H,1-5H2,(H2,13,14,15). The van der Waals surface area contributed by atoms with Crippen LogP contribution in [-0.2, 0) is 6.42 Å². The van der Waals surface area contributed by atoms with Gasteiger partial charge in [-0.25, -0.2) is 0 Å². The van der Waals surface area contributed by atoms with Crippen molar-refractivity contribution in [1.82, 2.24) is 10.6 Å². The normalized spacial score (nSPS) is 23.6. The molecule has 1 atom stereocenters. The van der Waals surface area contributed by atoms with Gasteiger partial charge < -0.3 is 10.6 Å². The van der Waals surface area contributed by atoms with Crippen molar-refractivity contribution in [2.45, 2.75) is 44.2 Å². The Morgan fingerprint density at radius 2 is 2.19 bits per heavy atom. The van der Waals surface area contributed by atoms with Crippen LogP contribution in [0.1, 0.15) is 42.2 Å². The van der Waals surface area contributed by atoms with Crippen molar-refractivity contribution in [1.29, 1.82) is 0 Å². The number of aryl methyl sites for hydroxylation is 1. The number of thiophene rings is 1. The summed E-state index contributed by atoms with van der Waals surface area (Å²) < 4.78 is 0. The quantitative estimate of drug-likeness (QED) is 0.792. The Morgan fingerprint density at radius 1 is 1.31 bits per heavy atom. The van der Waals surface area contributed by atoms with E-state index in [9.17, 15) is 0 Å². The zero-order valence-corrected chi connectivity index (χ0v) is 10.8. The van der Waals surface area contributed by atoms with E-state index in [0.29, 0.717) is 12.1 Å². The first kappa shape index (κ1) is 10.5. The van der Waals surface area contributed by atoms with Gasteiger partial charge in [0.2, 0.25) is 0 Å². The minimum Gasteiger partial charge on any atom is -0.360 e. The Kier molecular flexibility index (Phi) is 2.86. The maximum Gasteiger partial charge on any atom is 0.166 e. The Balaban J connectivity index is 1.65. The van der Waals surface area contributed by atoms with Gasteiger partial charge in [-0.3, -0.25) is 0 Å². The fraction of sp³-hybridized carbons (Fsp3) is 0.583. The summed E-state index contributed by atoms with van der Waals surface area (Å²) in [5.74, 6) is 0. The van der Waals surface area contributed by atoms with Crippen molar-refractivity contribution >= 4 is 28.7 Å². The van der Waals surface area contributed by atoms with Crippen LogP contribution in [0.4, 0.5) is 0 Å². The van der Waals surface area contributed by atoms with Gasteiger partial charge in [-0.2, -0.15) is 0 Å². The molecule has 2 N–H and O–H groups in total. The second-order valence-corrected chi connectivity index (χ2v) is 6.04. The molecule has 0 aliphatic heterocycles. The molecule has 0 amide bonds. The summed E-state index contributed by atoms with van der Waals surface area (Å²) in [5.41, 5.74) is 1.47. The minimum absolute atomic E-state index is 0.439. The fourth-order valence-electron chi connectivity index (χ4n) is 2.25. The van der Waals surface area contributed by atoms with Crippen LogP contribution in [0.3, 0.4) is 0 Å². The molecule has 0 spiro atoms. The number of fused-ring (bicyclic) bond motifs is 1. The van der Waals surface area contributed by atoms with Gasteiger partial charge in [-0.15, -0.1) is 11.3 Å². The lowest BCUT2D eigenvalue weighted by Crippen LogP contribution is -2.39. The first-order valence-electron chi connectivity index (χ1n) is 5.96. The molecule has 2 nitrogen and oxygen atoms in total. The zero-order valence-electron chi connectivity index (χ0n) is 9.16. The Hall–Kier alpha value is -0.610. The van der Waals surface area contributed by atoms with Crippen LogP contribution in [0.2, 0.25) is 0 Å². The molecular weight excluding hydrogens is 236 g/mol. The highest BCUT2D eigenvalue weighted by molar-refractivity contribution is 7.80. The van der Waals surface area contributed by atoms with Crippen molar-refractivity contribution in [2.75, 3.05) is 0 Å². The first-order chi connectivity index (χ1) is 7.83. The molecule has 2 aliphatic rings. The topological polar surface area (TPSA) is 24.1 Å². The Bertz CT molecular complexity index is 395. The molecule has 1 unspecified atom stereocenters.